The Labute approximate surface area is 123 Å². The van der Waals surface area contributed by atoms with Gasteiger partial charge < -0.3 is 9.73 Å². The van der Waals surface area contributed by atoms with Crippen LogP contribution in [0.4, 0.5) is 0 Å². The van der Waals surface area contributed by atoms with Gasteiger partial charge in [-0.2, -0.15) is 0 Å². The predicted molar refractivity (Wildman–Crippen MR) is 84.1 cm³/mol. The first kappa shape index (κ1) is 13.3. The number of amidine groups is 1. The van der Waals surface area contributed by atoms with E-state index < -0.39 is 0 Å². The van der Waals surface area contributed by atoms with Crippen molar-refractivity contribution in [2.24, 2.45) is 4.99 Å². The maximum absolute atomic E-state index is 5.37. The van der Waals surface area contributed by atoms with Gasteiger partial charge in [-0.25, -0.2) is 0 Å². The molecule has 20 heavy (non-hydrogen) atoms. The van der Waals surface area contributed by atoms with Crippen molar-refractivity contribution in [2.75, 3.05) is 5.75 Å². The summed E-state index contributed by atoms with van der Waals surface area (Å²) in [5.41, 5.74) is 1.29. The van der Waals surface area contributed by atoms with Crippen LogP contribution in [-0.2, 0) is 6.42 Å². The van der Waals surface area contributed by atoms with Crippen LogP contribution in [-0.4, -0.2) is 17.0 Å². The molecule has 2 atom stereocenters. The molecule has 0 saturated carbocycles. The number of aliphatic imine (C=N–C) groups is 1. The van der Waals surface area contributed by atoms with Crippen LogP contribution >= 0.6 is 11.8 Å². The number of benzene rings is 1. The molecular formula is C16H18N2OS. The highest BCUT2D eigenvalue weighted by atomic mass is 32.2. The molecule has 1 N–H and O–H groups in total. The van der Waals surface area contributed by atoms with Gasteiger partial charge in [-0.3, -0.25) is 4.99 Å². The zero-order chi connectivity index (χ0) is 13.8. The molecule has 0 spiro atoms. The van der Waals surface area contributed by atoms with Crippen molar-refractivity contribution in [2.45, 2.75) is 25.4 Å². The summed E-state index contributed by atoms with van der Waals surface area (Å²) < 4.78 is 5.37. The molecule has 1 aromatic carbocycles. The number of nitrogens with one attached hydrogen (secondary N) is 1. The second kappa shape index (κ2) is 6.18. The lowest BCUT2D eigenvalue weighted by Gasteiger charge is -2.12. The summed E-state index contributed by atoms with van der Waals surface area (Å²) in [7, 11) is 0. The van der Waals surface area contributed by atoms with E-state index in [-0.39, 0.29) is 6.04 Å². The van der Waals surface area contributed by atoms with Gasteiger partial charge in [0.2, 0.25) is 0 Å². The Morgan fingerprint density at radius 2 is 2.15 bits per heavy atom. The first-order valence-corrected chi connectivity index (χ1v) is 7.84. The Balaban J connectivity index is 1.58. The van der Waals surface area contributed by atoms with Gasteiger partial charge >= 0.3 is 0 Å². The van der Waals surface area contributed by atoms with E-state index in [1.807, 2.05) is 18.2 Å². The Hall–Kier alpha value is -1.68. The third-order valence-electron chi connectivity index (χ3n) is 3.29. The van der Waals surface area contributed by atoms with Gasteiger partial charge in [0.25, 0.3) is 0 Å². The van der Waals surface area contributed by atoms with Gasteiger partial charge in [0.05, 0.1) is 12.3 Å². The van der Waals surface area contributed by atoms with E-state index in [0.717, 1.165) is 23.1 Å². The standard InChI is InChI=1S/C16H18N2OS/c1-12(10-14-8-5-9-19-14)17-16-18-15(11-20-16)13-6-3-2-4-7-13/h2-9,12,15H,10-11H2,1H3,(H,17,18). The molecule has 2 heterocycles. The minimum Gasteiger partial charge on any atom is -0.469 e. The molecule has 2 aromatic rings. The van der Waals surface area contributed by atoms with E-state index in [4.69, 9.17) is 9.41 Å². The van der Waals surface area contributed by atoms with Crippen LogP contribution in [0.25, 0.3) is 0 Å². The SMILES string of the molecule is CC(Cc1ccco1)NC1=NC(c2ccccc2)CS1. The van der Waals surface area contributed by atoms with E-state index in [1.54, 1.807) is 18.0 Å². The molecule has 2 unspecified atom stereocenters. The largest absolute Gasteiger partial charge is 0.469 e. The summed E-state index contributed by atoms with van der Waals surface area (Å²) in [6.45, 7) is 2.15. The van der Waals surface area contributed by atoms with Crippen LogP contribution < -0.4 is 5.32 Å². The topological polar surface area (TPSA) is 37.5 Å². The third-order valence-corrected chi connectivity index (χ3v) is 4.27. The summed E-state index contributed by atoms with van der Waals surface area (Å²) in [6, 6.07) is 15.0. The third kappa shape index (κ3) is 3.25. The quantitative estimate of drug-likeness (QED) is 0.932. The van der Waals surface area contributed by atoms with Crippen LogP contribution in [0, 0.1) is 0 Å². The Morgan fingerprint density at radius 1 is 1.30 bits per heavy atom. The smallest absolute Gasteiger partial charge is 0.157 e. The highest BCUT2D eigenvalue weighted by Crippen LogP contribution is 2.29. The molecule has 4 heteroatoms. The molecule has 0 saturated heterocycles. The van der Waals surface area contributed by atoms with Crippen LogP contribution in [0.3, 0.4) is 0 Å². The normalized spacial score (nSPS) is 19.6. The molecular weight excluding hydrogens is 268 g/mol. The average Bonchev–Trinajstić information content (AvgIpc) is 3.11. The molecule has 1 aliphatic rings. The Morgan fingerprint density at radius 3 is 2.90 bits per heavy atom. The van der Waals surface area contributed by atoms with Gasteiger partial charge in [0.15, 0.2) is 5.17 Å². The fraction of sp³-hybridized carbons (Fsp3) is 0.312. The molecule has 0 bridgehead atoms. The van der Waals surface area contributed by atoms with Crippen molar-refractivity contribution in [1.82, 2.24) is 5.32 Å². The van der Waals surface area contributed by atoms with E-state index in [9.17, 15) is 0 Å². The van der Waals surface area contributed by atoms with Gasteiger partial charge in [-0.1, -0.05) is 42.1 Å². The number of thioether (sulfide) groups is 1. The van der Waals surface area contributed by atoms with Crippen molar-refractivity contribution in [1.29, 1.82) is 0 Å². The van der Waals surface area contributed by atoms with Crippen LogP contribution in [0.15, 0.2) is 58.1 Å². The van der Waals surface area contributed by atoms with E-state index in [1.165, 1.54) is 5.56 Å². The first-order valence-electron chi connectivity index (χ1n) is 6.86. The van der Waals surface area contributed by atoms with Crippen molar-refractivity contribution in [3.8, 4) is 0 Å². The molecule has 0 fully saturated rings. The van der Waals surface area contributed by atoms with Gasteiger partial charge in [0.1, 0.15) is 5.76 Å². The summed E-state index contributed by atoms with van der Waals surface area (Å²) in [6.07, 6.45) is 2.60. The van der Waals surface area contributed by atoms with E-state index in [0.29, 0.717) is 6.04 Å². The number of hydrogen-bond donors (Lipinski definition) is 1. The predicted octanol–water partition coefficient (Wildman–Crippen LogP) is 3.64. The summed E-state index contributed by atoms with van der Waals surface area (Å²) >= 11 is 1.79. The zero-order valence-electron chi connectivity index (χ0n) is 11.5. The monoisotopic (exact) mass is 286 g/mol. The number of rotatable bonds is 4. The van der Waals surface area contributed by atoms with E-state index in [2.05, 4.69) is 36.5 Å². The van der Waals surface area contributed by atoms with Crippen molar-refractivity contribution in [3.63, 3.8) is 0 Å². The molecule has 0 amide bonds. The van der Waals surface area contributed by atoms with E-state index >= 15 is 0 Å². The molecule has 3 rings (SSSR count). The minimum absolute atomic E-state index is 0.277. The lowest BCUT2D eigenvalue weighted by Crippen LogP contribution is -2.31. The minimum atomic E-state index is 0.277. The number of furan rings is 1. The maximum atomic E-state index is 5.37. The number of nitrogens with zero attached hydrogens (tertiary/aromatic N) is 1. The lowest BCUT2D eigenvalue weighted by atomic mass is 10.1. The highest BCUT2D eigenvalue weighted by molar-refractivity contribution is 8.14. The molecule has 1 aliphatic heterocycles. The Bertz CT molecular complexity index is 565. The average molecular weight is 286 g/mol. The molecule has 0 radical (unpaired) electrons. The second-order valence-corrected chi connectivity index (χ2v) is 6.01. The van der Waals surface area contributed by atoms with Gasteiger partial charge in [0, 0.05) is 18.2 Å². The zero-order valence-corrected chi connectivity index (χ0v) is 12.3. The highest BCUT2D eigenvalue weighted by Gasteiger charge is 2.20. The molecule has 0 aliphatic carbocycles. The van der Waals surface area contributed by atoms with Crippen molar-refractivity contribution >= 4 is 16.9 Å². The first-order chi connectivity index (χ1) is 9.81. The summed E-state index contributed by atoms with van der Waals surface area (Å²) in [4.78, 5) is 4.77. The van der Waals surface area contributed by atoms with Crippen molar-refractivity contribution < 1.29 is 4.42 Å². The fourth-order valence-electron chi connectivity index (χ4n) is 2.29. The maximum Gasteiger partial charge on any atom is 0.157 e. The van der Waals surface area contributed by atoms with Crippen LogP contribution in [0.2, 0.25) is 0 Å². The number of hydrogen-bond acceptors (Lipinski definition) is 4. The van der Waals surface area contributed by atoms with Gasteiger partial charge in [-0.05, 0) is 24.6 Å². The summed E-state index contributed by atoms with van der Waals surface area (Å²) in [5, 5.41) is 4.51. The van der Waals surface area contributed by atoms with Crippen LogP contribution in [0.1, 0.15) is 24.3 Å². The van der Waals surface area contributed by atoms with Crippen LogP contribution in [0.5, 0.6) is 0 Å². The molecule has 104 valence electrons. The lowest BCUT2D eigenvalue weighted by molar-refractivity contribution is 0.482. The fourth-order valence-corrected chi connectivity index (χ4v) is 3.36. The van der Waals surface area contributed by atoms with Gasteiger partial charge in [-0.15, -0.1) is 0 Å². The Kier molecular flexibility index (Phi) is 4.11. The molecule has 3 nitrogen and oxygen atoms in total. The molecule has 1 aromatic heterocycles. The summed E-state index contributed by atoms with van der Waals surface area (Å²) in [5.74, 6) is 2.02. The van der Waals surface area contributed by atoms with Crippen molar-refractivity contribution in [3.05, 3.63) is 60.1 Å². The second-order valence-electron chi connectivity index (χ2n) is 5.00.